The summed E-state index contributed by atoms with van der Waals surface area (Å²) in [5.74, 6) is 0.697. The van der Waals surface area contributed by atoms with E-state index in [1.165, 1.54) is 6.42 Å². The largest absolute Gasteiger partial charge is 0.338 e. The highest BCUT2D eigenvalue weighted by Gasteiger charge is 2.37. The van der Waals surface area contributed by atoms with Crippen molar-refractivity contribution in [2.75, 3.05) is 26.2 Å². The minimum absolute atomic E-state index is 0.0960. The summed E-state index contributed by atoms with van der Waals surface area (Å²) in [6.45, 7) is 5.61. The lowest BCUT2D eigenvalue weighted by molar-refractivity contribution is 0.206. The van der Waals surface area contributed by atoms with Crippen LogP contribution >= 0.6 is 0 Å². The van der Waals surface area contributed by atoms with Crippen LogP contribution < -0.4 is 10.6 Å². The number of rotatable bonds is 1. The van der Waals surface area contributed by atoms with Crippen LogP contribution in [0.25, 0.3) is 0 Å². The van der Waals surface area contributed by atoms with Crippen LogP contribution in [0.5, 0.6) is 0 Å². The van der Waals surface area contributed by atoms with E-state index in [2.05, 4.69) is 10.6 Å². The van der Waals surface area contributed by atoms with E-state index in [1.54, 1.807) is 0 Å². The molecule has 4 heteroatoms. The van der Waals surface area contributed by atoms with Crippen molar-refractivity contribution in [2.24, 2.45) is 5.92 Å². The molecule has 2 aliphatic heterocycles. The Kier molecular flexibility index (Phi) is 2.40. The molecule has 2 saturated heterocycles. The van der Waals surface area contributed by atoms with Crippen molar-refractivity contribution in [1.82, 2.24) is 15.5 Å². The van der Waals surface area contributed by atoms with Crippen molar-refractivity contribution in [3.63, 3.8) is 0 Å². The van der Waals surface area contributed by atoms with E-state index >= 15 is 0 Å². The van der Waals surface area contributed by atoms with E-state index in [4.69, 9.17) is 0 Å². The van der Waals surface area contributed by atoms with Crippen molar-refractivity contribution >= 4 is 6.03 Å². The number of likely N-dealkylation sites (tertiary alicyclic amines) is 1. The van der Waals surface area contributed by atoms with Crippen molar-refractivity contribution in [3.8, 4) is 0 Å². The molecule has 74 valence electrons. The van der Waals surface area contributed by atoms with E-state index in [1.807, 2.05) is 11.8 Å². The van der Waals surface area contributed by atoms with Crippen LogP contribution in [0, 0.1) is 5.92 Å². The summed E-state index contributed by atoms with van der Waals surface area (Å²) in [5.41, 5.74) is 0. The van der Waals surface area contributed by atoms with Crippen molar-refractivity contribution in [3.05, 3.63) is 0 Å². The van der Waals surface area contributed by atoms with E-state index < -0.39 is 0 Å². The smallest absolute Gasteiger partial charge is 0.317 e. The van der Waals surface area contributed by atoms with Gasteiger partial charge in [-0.2, -0.15) is 0 Å². The number of carbonyl (C=O) groups excluding carboxylic acids is 1. The predicted octanol–water partition coefficient (Wildman–Crippen LogP) is 0.00960. The monoisotopic (exact) mass is 183 g/mol. The molecule has 0 aromatic heterocycles. The van der Waals surface area contributed by atoms with Gasteiger partial charge in [0, 0.05) is 25.7 Å². The third kappa shape index (κ3) is 1.63. The molecule has 2 unspecified atom stereocenters. The molecule has 2 amide bonds. The zero-order chi connectivity index (χ0) is 9.26. The van der Waals surface area contributed by atoms with Gasteiger partial charge in [0.25, 0.3) is 0 Å². The van der Waals surface area contributed by atoms with E-state index in [-0.39, 0.29) is 6.03 Å². The Morgan fingerprint density at radius 3 is 3.15 bits per heavy atom. The fourth-order valence-electron chi connectivity index (χ4n) is 2.28. The summed E-state index contributed by atoms with van der Waals surface area (Å²) in [4.78, 5) is 13.4. The highest BCUT2D eigenvalue weighted by atomic mass is 16.2. The first-order valence-electron chi connectivity index (χ1n) is 5.07. The van der Waals surface area contributed by atoms with Crippen molar-refractivity contribution < 1.29 is 4.79 Å². The predicted molar refractivity (Wildman–Crippen MR) is 50.5 cm³/mol. The molecule has 0 aliphatic carbocycles. The van der Waals surface area contributed by atoms with Gasteiger partial charge in [0.05, 0.1) is 0 Å². The normalized spacial score (nSPS) is 31.9. The number of nitrogens with zero attached hydrogens (tertiary/aromatic N) is 1. The lowest BCUT2D eigenvalue weighted by atomic mass is 10.1. The molecule has 2 heterocycles. The fourth-order valence-corrected chi connectivity index (χ4v) is 2.28. The zero-order valence-electron chi connectivity index (χ0n) is 8.05. The molecule has 0 aromatic carbocycles. The Morgan fingerprint density at radius 1 is 1.62 bits per heavy atom. The van der Waals surface area contributed by atoms with Crippen LogP contribution in [-0.4, -0.2) is 43.2 Å². The number of fused-ring (bicyclic) bond motifs is 1. The average molecular weight is 183 g/mol. The molecule has 0 radical (unpaired) electrons. The molecule has 13 heavy (non-hydrogen) atoms. The van der Waals surface area contributed by atoms with Crippen molar-refractivity contribution in [2.45, 2.75) is 19.4 Å². The van der Waals surface area contributed by atoms with Crippen LogP contribution in [0.1, 0.15) is 13.3 Å². The van der Waals surface area contributed by atoms with Gasteiger partial charge in [0.1, 0.15) is 0 Å². The summed E-state index contributed by atoms with van der Waals surface area (Å²) >= 11 is 0. The van der Waals surface area contributed by atoms with Gasteiger partial charge in [-0.25, -0.2) is 4.79 Å². The number of amides is 2. The number of nitrogens with one attached hydrogen (secondary N) is 2. The molecule has 0 aromatic rings. The Morgan fingerprint density at radius 2 is 2.46 bits per heavy atom. The number of urea groups is 1. The minimum Gasteiger partial charge on any atom is -0.338 e. The second-order valence-electron chi connectivity index (χ2n) is 3.85. The quantitative estimate of drug-likeness (QED) is 0.601. The van der Waals surface area contributed by atoms with E-state index in [0.29, 0.717) is 12.0 Å². The molecule has 2 atom stereocenters. The maximum atomic E-state index is 11.5. The highest BCUT2D eigenvalue weighted by molar-refractivity contribution is 5.74. The van der Waals surface area contributed by atoms with Gasteiger partial charge in [-0.3, -0.25) is 0 Å². The molecular formula is C9H17N3O. The van der Waals surface area contributed by atoms with Crippen LogP contribution in [0.15, 0.2) is 0 Å². The van der Waals surface area contributed by atoms with E-state index in [0.717, 1.165) is 26.2 Å². The van der Waals surface area contributed by atoms with Crippen LogP contribution in [-0.2, 0) is 0 Å². The number of carbonyl (C=O) groups is 1. The molecule has 4 nitrogen and oxygen atoms in total. The Hall–Kier alpha value is -0.770. The molecule has 0 spiro atoms. The summed E-state index contributed by atoms with van der Waals surface area (Å²) in [7, 11) is 0. The van der Waals surface area contributed by atoms with Gasteiger partial charge >= 0.3 is 6.03 Å². The van der Waals surface area contributed by atoms with Crippen molar-refractivity contribution in [1.29, 1.82) is 0 Å². The second kappa shape index (κ2) is 3.54. The van der Waals surface area contributed by atoms with Gasteiger partial charge in [0.2, 0.25) is 0 Å². The van der Waals surface area contributed by atoms with Crippen LogP contribution in [0.4, 0.5) is 4.79 Å². The average Bonchev–Trinajstić information content (AvgIpc) is 2.61. The maximum Gasteiger partial charge on any atom is 0.317 e. The zero-order valence-corrected chi connectivity index (χ0v) is 8.05. The lowest BCUT2D eigenvalue weighted by Gasteiger charge is -2.17. The first kappa shape index (κ1) is 8.81. The lowest BCUT2D eigenvalue weighted by Crippen LogP contribution is -2.40. The summed E-state index contributed by atoms with van der Waals surface area (Å²) in [6.07, 6.45) is 1.22. The van der Waals surface area contributed by atoms with Gasteiger partial charge < -0.3 is 15.5 Å². The summed E-state index contributed by atoms with van der Waals surface area (Å²) < 4.78 is 0. The molecule has 2 N–H and O–H groups in total. The van der Waals surface area contributed by atoms with Gasteiger partial charge in [-0.05, 0) is 25.8 Å². The van der Waals surface area contributed by atoms with Crippen LogP contribution in [0.3, 0.4) is 0 Å². The molecule has 2 aliphatic rings. The SMILES string of the molecule is CCNC(=O)N1CC2CCNC2C1. The number of hydrogen-bond donors (Lipinski definition) is 2. The summed E-state index contributed by atoms with van der Waals surface area (Å²) in [6, 6.07) is 0.654. The first-order chi connectivity index (χ1) is 6.31. The maximum absolute atomic E-state index is 11.5. The first-order valence-corrected chi connectivity index (χ1v) is 5.07. The molecule has 2 fully saturated rings. The molecule has 0 saturated carbocycles. The molecule has 0 bridgehead atoms. The van der Waals surface area contributed by atoms with Gasteiger partial charge in [0.15, 0.2) is 0 Å². The molecule has 2 rings (SSSR count). The Labute approximate surface area is 78.7 Å². The fraction of sp³-hybridized carbons (Fsp3) is 0.889. The topological polar surface area (TPSA) is 44.4 Å². The number of hydrogen-bond acceptors (Lipinski definition) is 2. The van der Waals surface area contributed by atoms with Crippen LogP contribution in [0.2, 0.25) is 0 Å². The van der Waals surface area contributed by atoms with Gasteiger partial charge in [-0.1, -0.05) is 0 Å². The second-order valence-corrected chi connectivity index (χ2v) is 3.85. The Balaban J connectivity index is 1.87. The highest BCUT2D eigenvalue weighted by Crippen LogP contribution is 2.24. The third-order valence-corrected chi connectivity index (χ3v) is 2.98. The minimum atomic E-state index is 0.0960. The molecular weight excluding hydrogens is 166 g/mol. The standard InChI is InChI=1S/C9H17N3O/c1-2-10-9(13)12-5-7-3-4-11-8(7)6-12/h7-8,11H,2-6H2,1H3,(H,10,13). The van der Waals surface area contributed by atoms with Gasteiger partial charge in [-0.15, -0.1) is 0 Å². The summed E-state index contributed by atoms with van der Waals surface area (Å²) in [5, 5.41) is 6.26. The van der Waals surface area contributed by atoms with E-state index in [9.17, 15) is 4.79 Å². The third-order valence-electron chi connectivity index (χ3n) is 2.98. The Bertz CT molecular complexity index is 195.